The fourth-order valence-corrected chi connectivity index (χ4v) is 2.90. The third-order valence-electron chi connectivity index (χ3n) is 4.13. The average molecular weight is 294 g/mol. The molecular weight excluding hydrogens is 268 g/mol. The van der Waals surface area contributed by atoms with Gasteiger partial charge in [0.15, 0.2) is 0 Å². The van der Waals surface area contributed by atoms with Crippen LogP contribution in [-0.4, -0.2) is 24.2 Å². The van der Waals surface area contributed by atoms with E-state index in [-0.39, 0.29) is 12.6 Å². The third kappa shape index (κ3) is 5.79. The standard InChI is InChI=1S/C16H26N2O3/c19-14(15-9-5-11-21-15)12-18-16(20)17-10-4-8-13-6-2-1-3-7-13/h5,9,11,13-14,19H,1-4,6-8,10,12H2,(H2,17,18,20). The molecule has 1 atom stereocenters. The molecule has 2 amide bonds. The van der Waals surface area contributed by atoms with E-state index >= 15 is 0 Å². The first-order chi connectivity index (χ1) is 10.3. The van der Waals surface area contributed by atoms with Crippen LogP contribution in [0.3, 0.4) is 0 Å². The van der Waals surface area contributed by atoms with Gasteiger partial charge in [-0.2, -0.15) is 0 Å². The van der Waals surface area contributed by atoms with Crippen molar-refractivity contribution in [2.75, 3.05) is 13.1 Å². The van der Waals surface area contributed by atoms with Crippen LogP contribution in [0.1, 0.15) is 56.8 Å². The van der Waals surface area contributed by atoms with Gasteiger partial charge in [0.25, 0.3) is 0 Å². The lowest BCUT2D eigenvalue weighted by atomic mass is 9.86. The second-order valence-electron chi connectivity index (χ2n) is 5.81. The van der Waals surface area contributed by atoms with E-state index in [1.54, 1.807) is 12.1 Å². The summed E-state index contributed by atoms with van der Waals surface area (Å²) in [5, 5.41) is 15.2. The number of hydrogen-bond acceptors (Lipinski definition) is 3. The minimum atomic E-state index is -0.798. The molecule has 1 saturated carbocycles. The molecule has 0 saturated heterocycles. The Bertz CT molecular complexity index is 400. The Morgan fingerprint density at radius 1 is 1.33 bits per heavy atom. The monoisotopic (exact) mass is 294 g/mol. The largest absolute Gasteiger partial charge is 0.467 e. The van der Waals surface area contributed by atoms with Gasteiger partial charge in [0.05, 0.1) is 12.8 Å². The summed E-state index contributed by atoms with van der Waals surface area (Å²) in [4.78, 5) is 11.6. The highest BCUT2D eigenvalue weighted by molar-refractivity contribution is 5.73. The summed E-state index contributed by atoms with van der Waals surface area (Å²) in [6.07, 6.45) is 9.75. The molecule has 2 rings (SSSR count). The van der Waals surface area contributed by atoms with Crippen molar-refractivity contribution in [1.29, 1.82) is 0 Å². The quantitative estimate of drug-likeness (QED) is 0.677. The van der Waals surface area contributed by atoms with Crippen molar-refractivity contribution in [3.05, 3.63) is 24.2 Å². The van der Waals surface area contributed by atoms with E-state index in [9.17, 15) is 9.90 Å². The van der Waals surface area contributed by atoms with E-state index in [2.05, 4.69) is 10.6 Å². The van der Waals surface area contributed by atoms with E-state index in [0.717, 1.165) is 12.3 Å². The van der Waals surface area contributed by atoms with Crippen molar-refractivity contribution in [1.82, 2.24) is 10.6 Å². The molecule has 21 heavy (non-hydrogen) atoms. The van der Waals surface area contributed by atoms with Gasteiger partial charge in [-0.15, -0.1) is 0 Å². The van der Waals surface area contributed by atoms with Gasteiger partial charge in [-0.3, -0.25) is 0 Å². The molecule has 1 aromatic heterocycles. The number of amides is 2. The van der Waals surface area contributed by atoms with Crippen LogP contribution in [0.5, 0.6) is 0 Å². The van der Waals surface area contributed by atoms with Crippen molar-refractivity contribution in [3.63, 3.8) is 0 Å². The molecule has 1 aliphatic rings. The molecule has 5 heteroatoms. The Morgan fingerprint density at radius 3 is 2.86 bits per heavy atom. The van der Waals surface area contributed by atoms with Crippen LogP contribution in [-0.2, 0) is 0 Å². The van der Waals surface area contributed by atoms with Crippen molar-refractivity contribution in [2.45, 2.75) is 51.0 Å². The Morgan fingerprint density at radius 2 is 2.14 bits per heavy atom. The van der Waals surface area contributed by atoms with E-state index in [1.165, 1.54) is 44.8 Å². The normalized spacial score (nSPS) is 17.4. The van der Waals surface area contributed by atoms with Crippen LogP contribution in [0, 0.1) is 5.92 Å². The fourth-order valence-electron chi connectivity index (χ4n) is 2.90. The van der Waals surface area contributed by atoms with Crippen molar-refractivity contribution in [3.8, 4) is 0 Å². The molecule has 0 aromatic carbocycles. The van der Waals surface area contributed by atoms with Gasteiger partial charge in [0.1, 0.15) is 11.9 Å². The summed E-state index contributed by atoms with van der Waals surface area (Å²) in [5.41, 5.74) is 0. The highest BCUT2D eigenvalue weighted by Gasteiger charge is 2.13. The van der Waals surface area contributed by atoms with E-state index in [4.69, 9.17) is 4.42 Å². The Balaban J connectivity index is 1.51. The Kier molecular flexibility index (Phi) is 6.60. The fraction of sp³-hybridized carbons (Fsp3) is 0.688. The highest BCUT2D eigenvalue weighted by Crippen LogP contribution is 2.26. The molecule has 0 aliphatic heterocycles. The van der Waals surface area contributed by atoms with Gasteiger partial charge in [-0.25, -0.2) is 4.79 Å². The molecule has 1 heterocycles. The minimum Gasteiger partial charge on any atom is -0.467 e. The average Bonchev–Trinajstić information content (AvgIpc) is 3.05. The van der Waals surface area contributed by atoms with Crippen LogP contribution in [0.4, 0.5) is 4.79 Å². The molecule has 1 fully saturated rings. The summed E-state index contributed by atoms with van der Waals surface area (Å²) in [7, 11) is 0. The molecular formula is C16H26N2O3. The lowest BCUT2D eigenvalue weighted by molar-refractivity contribution is 0.148. The van der Waals surface area contributed by atoms with Crippen molar-refractivity contribution >= 4 is 6.03 Å². The summed E-state index contributed by atoms with van der Waals surface area (Å²) < 4.78 is 5.07. The molecule has 3 N–H and O–H groups in total. The number of nitrogens with one attached hydrogen (secondary N) is 2. The van der Waals surface area contributed by atoms with Crippen molar-refractivity contribution in [2.24, 2.45) is 5.92 Å². The third-order valence-corrected chi connectivity index (χ3v) is 4.13. The van der Waals surface area contributed by atoms with Gasteiger partial charge in [-0.05, 0) is 30.9 Å². The van der Waals surface area contributed by atoms with Gasteiger partial charge < -0.3 is 20.2 Å². The lowest BCUT2D eigenvalue weighted by Crippen LogP contribution is -2.38. The maximum atomic E-state index is 11.6. The minimum absolute atomic E-state index is 0.155. The first-order valence-corrected chi connectivity index (χ1v) is 7.99. The second-order valence-corrected chi connectivity index (χ2v) is 5.81. The van der Waals surface area contributed by atoms with E-state index < -0.39 is 6.10 Å². The lowest BCUT2D eigenvalue weighted by Gasteiger charge is -2.21. The maximum absolute atomic E-state index is 11.6. The van der Waals surface area contributed by atoms with Crippen LogP contribution in [0.15, 0.2) is 22.8 Å². The summed E-state index contributed by atoms with van der Waals surface area (Å²) in [6.45, 7) is 0.848. The predicted molar refractivity (Wildman–Crippen MR) is 80.9 cm³/mol. The first-order valence-electron chi connectivity index (χ1n) is 7.99. The number of aliphatic hydroxyl groups is 1. The van der Waals surface area contributed by atoms with Crippen LogP contribution in [0.2, 0.25) is 0 Å². The zero-order valence-electron chi connectivity index (χ0n) is 12.5. The first kappa shape index (κ1) is 15.9. The topological polar surface area (TPSA) is 74.5 Å². The zero-order chi connectivity index (χ0) is 14.9. The van der Waals surface area contributed by atoms with Crippen LogP contribution >= 0.6 is 0 Å². The summed E-state index contributed by atoms with van der Waals surface area (Å²) >= 11 is 0. The number of carbonyl (C=O) groups is 1. The number of furan rings is 1. The Labute approximate surface area is 126 Å². The summed E-state index contributed by atoms with van der Waals surface area (Å²) in [6, 6.07) is 3.17. The number of urea groups is 1. The van der Waals surface area contributed by atoms with Crippen LogP contribution < -0.4 is 10.6 Å². The number of hydrogen-bond donors (Lipinski definition) is 3. The van der Waals surface area contributed by atoms with Gasteiger partial charge in [0, 0.05) is 6.54 Å². The van der Waals surface area contributed by atoms with E-state index in [1.807, 2.05) is 0 Å². The Hall–Kier alpha value is -1.49. The molecule has 118 valence electrons. The second kappa shape index (κ2) is 8.72. The molecule has 0 spiro atoms. The van der Waals surface area contributed by atoms with Gasteiger partial charge >= 0.3 is 6.03 Å². The maximum Gasteiger partial charge on any atom is 0.314 e. The van der Waals surface area contributed by atoms with Gasteiger partial charge in [-0.1, -0.05) is 32.1 Å². The molecule has 5 nitrogen and oxygen atoms in total. The highest BCUT2D eigenvalue weighted by atomic mass is 16.4. The van der Waals surface area contributed by atoms with Crippen molar-refractivity contribution < 1.29 is 14.3 Å². The summed E-state index contributed by atoms with van der Waals surface area (Å²) in [5.74, 6) is 1.32. The number of rotatable bonds is 7. The molecule has 1 aliphatic carbocycles. The molecule has 1 aromatic rings. The molecule has 1 unspecified atom stereocenters. The number of aliphatic hydroxyl groups excluding tert-OH is 1. The molecule has 0 radical (unpaired) electrons. The zero-order valence-corrected chi connectivity index (χ0v) is 12.5. The van der Waals surface area contributed by atoms with Crippen LogP contribution in [0.25, 0.3) is 0 Å². The SMILES string of the molecule is O=C(NCCCC1CCCCC1)NCC(O)c1ccco1. The molecule has 0 bridgehead atoms. The number of carbonyl (C=O) groups excluding carboxylic acids is 1. The van der Waals surface area contributed by atoms with Gasteiger partial charge in [0.2, 0.25) is 0 Å². The van der Waals surface area contributed by atoms with E-state index in [0.29, 0.717) is 12.3 Å². The smallest absolute Gasteiger partial charge is 0.314 e. The predicted octanol–water partition coefficient (Wildman–Crippen LogP) is 2.97.